The lowest BCUT2D eigenvalue weighted by molar-refractivity contribution is -0.131. The van der Waals surface area contributed by atoms with Crippen LogP contribution in [0.2, 0.25) is 0 Å². The number of carbonyl (C=O) groups is 2. The van der Waals surface area contributed by atoms with Crippen LogP contribution in [0.3, 0.4) is 0 Å². The van der Waals surface area contributed by atoms with Gasteiger partial charge in [-0.2, -0.15) is 11.8 Å². The largest absolute Gasteiger partial charge is 0.343 e. The molecular weight excluding hydrogens is 320 g/mol. The number of ketones is 1. The van der Waals surface area contributed by atoms with E-state index in [1.54, 1.807) is 16.7 Å². The third-order valence-electron chi connectivity index (χ3n) is 4.08. The van der Waals surface area contributed by atoms with Crippen LogP contribution < -0.4 is 0 Å². The van der Waals surface area contributed by atoms with Crippen molar-refractivity contribution in [2.45, 2.75) is 26.2 Å². The van der Waals surface area contributed by atoms with Gasteiger partial charge < -0.3 is 4.90 Å². The van der Waals surface area contributed by atoms with Crippen LogP contribution in [0.25, 0.3) is 0 Å². The lowest BCUT2D eigenvalue weighted by Crippen LogP contribution is -2.40. The van der Waals surface area contributed by atoms with Crippen molar-refractivity contribution < 1.29 is 18.4 Å². The molecule has 0 aliphatic carbocycles. The molecule has 1 aromatic carbocycles. The Morgan fingerprint density at radius 3 is 2.61 bits per heavy atom. The molecule has 1 heterocycles. The van der Waals surface area contributed by atoms with Crippen LogP contribution in [0.4, 0.5) is 8.78 Å². The molecule has 3 nitrogen and oxygen atoms in total. The zero-order chi connectivity index (χ0) is 16.8. The van der Waals surface area contributed by atoms with Gasteiger partial charge in [0, 0.05) is 31.2 Å². The van der Waals surface area contributed by atoms with E-state index in [1.165, 1.54) is 0 Å². The molecular formula is C17H21F2NO2S. The van der Waals surface area contributed by atoms with Crippen molar-refractivity contribution >= 4 is 23.5 Å². The topological polar surface area (TPSA) is 37.4 Å². The maximum atomic E-state index is 13.7. The van der Waals surface area contributed by atoms with Crippen LogP contribution in [0.5, 0.6) is 0 Å². The van der Waals surface area contributed by atoms with Crippen molar-refractivity contribution in [2.75, 3.05) is 24.6 Å². The number of hydrogen-bond acceptors (Lipinski definition) is 3. The Balaban J connectivity index is 1.90. The predicted molar refractivity (Wildman–Crippen MR) is 87.6 cm³/mol. The van der Waals surface area contributed by atoms with Crippen molar-refractivity contribution in [1.29, 1.82) is 0 Å². The van der Waals surface area contributed by atoms with E-state index < -0.39 is 11.6 Å². The van der Waals surface area contributed by atoms with Crippen molar-refractivity contribution in [3.05, 3.63) is 35.4 Å². The number of likely N-dealkylation sites (tertiary alicyclic amines) is 1. The summed E-state index contributed by atoms with van der Waals surface area (Å²) < 4.78 is 26.9. The summed E-state index contributed by atoms with van der Waals surface area (Å²) in [5.74, 6) is -0.113. The molecule has 1 fully saturated rings. The molecule has 1 saturated heterocycles. The van der Waals surface area contributed by atoms with Crippen LogP contribution in [-0.2, 0) is 4.79 Å². The Hall–Kier alpha value is -1.43. The van der Waals surface area contributed by atoms with Crippen LogP contribution in [0, 0.1) is 17.6 Å². The summed E-state index contributed by atoms with van der Waals surface area (Å²) in [6.45, 7) is 3.06. The number of piperidine rings is 1. The molecule has 2 rings (SSSR count). The standard InChI is InChI=1S/C17H21F2NO2S/c1-2-23-10-7-16(21)20-8-5-12(6-9-20)17(22)14-11-13(18)3-4-15(14)19/h3-4,11-12H,2,5-10H2,1H3. The van der Waals surface area contributed by atoms with Gasteiger partial charge in [0.15, 0.2) is 5.78 Å². The summed E-state index contributed by atoms with van der Waals surface area (Å²) in [5.41, 5.74) is -0.186. The second-order valence-corrected chi connectivity index (χ2v) is 6.98. The highest BCUT2D eigenvalue weighted by molar-refractivity contribution is 7.99. The van der Waals surface area contributed by atoms with E-state index >= 15 is 0 Å². The maximum absolute atomic E-state index is 13.7. The highest BCUT2D eigenvalue weighted by Gasteiger charge is 2.29. The molecule has 126 valence electrons. The summed E-state index contributed by atoms with van der Waals surface area (Å²) in [4.78, 5) is 26.1. The number of hydrogen-bond donors (Lipinski definition) is 0. The molecule has 1 aromatic rings. The summed E-state index contributed by atoms with van der Waals surface area (Å²) in [7, 11) is 0. The molecule has 0 atom stereocenters. The van der Waals surface area contributed by atoms with Crippen LogP contribution in [0.1, 0.15) is 36.5 Å². The Bertz CT molecular complexity index is 572. The molecule has 0 saturated carbocycles. The SMILES string of the molecule is CCSCCC(=O)N1CCC(C(=O)c2cc(F)ccc2F)CC1. The fraction of sp³-hybridized carbons (Fsp3) is 0.529. The summed E-state index contributed by atoms with van der Waals surface area (Å²) in [5, 5.41) is 0. The monoisotopic (exact) mass is 341 g/mol. The Morgan fingerprint density at radius 2 is 1.96 bits per heavy atom. The molecule has 1 aliphatic rings. The van der Waals surface area contributed by atoms with E-state index in [9.17, 15) is 18.4 Å². The number of thioether (sulfide) groups is 1. The minimum absolute atomic E-state index is 0.105. The second kappa shape index (κ2) is 8.43. The first-order chi connectivity index (χ1) is 11.0. The minimum Gasteiger partial charge on any atom is -0.343 e. The third-order valence-corrected chi connectivity index (χ3v) is 4.98. The summed E-state index contributed by atoms with van der Waals surface area (Å²) in [6, 6.07) is 2.94. The van der Waals surface area contributed by atoms with Gasteiger partial charge in [-0.3, -0.25) is 9.59 Å². The van der Waals surface area contributed by atoms with E-state index in [1.807, 2.05) is 0 Å². The third kappa shape index (κ3) is 4.77. The molecule has 0 spiro atoms. The quantitative estimate of drug-likeness (QED) is 0.587. The molecule has 0 radical (unpaired) electrons. The van der Waals surface area contributed by atoms with Gasteiger partial charge in [0.2, 0.25) is 5.91 Å². The van der Waals surface area contributed by atoms with Gasteiger partial charge in [-0.25, -0.2) is 8.78 Å². The lowest BCUT2D eigenvalue weighted by atomic mass is 9.88. The highest BCUT2D eigenvalue weighted by atomic mass is 32.2. The maximum Gasteiger partial charge on any atom is 0.223 e. The average Bonchev–Trinajstić information content (AvgIpc) is 2.56. The fourth-order valence-electron chi connectivity index (χ4n) is 2.76. The van der Waals surface area contributed by atoms with Crippen LogP contribution in [-0.4, -0.2) is 41.2 Å². The lowest BCUT2D eigenvalue weighted by Gasteiger charge is -2.31. The first kappa shape index (κ1) is 17.9. The van der Waals surface area contributed by atoms with Gasteiger partial charge in [-0.05, 0) is 36.8 Å². The molecule has 6 heteroatoms. The van der Waals surface area contributed by atoms with E-state index in [0.717, 1.165) is 29.7 Å². The Kier molecular flexibility index (Phi) is 6.57. The Morgan fingerprint density at radius 1 is 1.26 bits per heavy atom. The zero-order valence-corrected chi connectivity index (χ0v) is 14.0. The number of rotatable bonds is 6. The minimum atomic E-state index is -0.688. The molecule has 0 N–H and O–H groups in total. The van der Waals surface area contributed by atoms with E-state index in [4.69, 9.17) is 0 Å². The van der Waals surface area contributed by atoms with E-state index in [2.05, 4.69) is 6.92 Å². The van der Waals surface area contributed by atoms with Gasteiger partial charge in [-0.1, -0.05) is 6.92 Å². The highest BCUT2D eigenvalue weighted by Crippen LogP contribution is 2.24. The van der Waals surface area contributed by atoms with Crippen molar-refractivity contribution in [1.82, 2.24) is 4.90 Å². The van der Waals surface area contributed by atoms with Crippen molar-refractivity contribution in [2.24, 2.45) is 5.92 Å². The molecule has 0 bridgehead atoms. The first-order valence-corrected chi connectivity index (χ1v) is 9.03. The van der Waals surface area contributed by atoms with Crippen molar-refractivity contribution in [3.63, 3.8) is 0 Å². The van der Waals surface area contributed by atoms with Gasteiger partial charge in [0.05, 0.1) is 5.56 Å². The Labute approximate surface area is 139 Å². The molecule has 1 amide bonds. The fourth-order valence-corrected chi connectivity index (χ4v) is 3.37. The van der Waals surface area contributed by atoms with E-state index in [-0.39, 0.29) is 23.2 Å². The van der Waals surface area contributed by atoms with Crippen LogP contribution >= 0.6 is 11.8 Å². The number of nitrogens with zero attached hydrogens (tertiary/aromatic N) is 1. The predicted octanol–water partition coefficient (Wildman–Crippen LogP) is 3.53. The molecule has 1 aliphatic heterocycles. The number of benzene rings is 1. The van der Waals surface area contributed by atoms with Gasteiger partial charge in [0.1, 0.15) is 11.6 Å². The molecule has 0 aromatic heterocycles. The summed E-state index contributed by atoms with van der Waals surface area (Å²) in [6.07, 6.45) is 1.51. The molecule has 0 unspecified atom stereocenters. The summed E-state index contributed by atoms with van der Waals surface area (Å²) >= 11 is 1.73. The first-order valence-electron chi connectivity index (χ1n) is 7.87. The number of halogens is 2. The van der Waals surface area contributed by atoms with Gasteiger partial charge in [-0.15, -0.1) is 0 Å². The number of amides is 1. The smallest absolute Gasteiger partial charge is 0.223 e. The van der Waals surface area contributed by atoms with Gasteiger partial charge in [0.25, 0.3) is 0 Å². The number of Topliss-reactive ketones (excluding diaryl/α,β-unsaturated/α-hetero) is 1. The number of carbonyl (C=O) groups excluding carboxylic acids is 2. The van der Waals surface area contributed by atoms with Gasteiger partial charge >= 0.3 is 0 Å². The molecule has 23 heavy (non-hydrogen) atoms. The van der Waals surface area contributed by atoms with E-state index in [0.29, 0.717) is 32.4 Å². The normalized spacial score (nSPS) is 15.7. The zero-order valence-electron chi connectivity index (χ0n) is 13.2. The van der Waals surface area contributed by atoms with Crippen molar-refractivity contribution in [3.8, 4) is 0 Å². The van der Waals surface area contributed by atoms with Crippen LogP contribution in [0.15, 0.2) is 18.2 Å². The average molecular weight is 341 g/mol. The second-order valence-electron chi connectivity index (χ2n) is 5.59.